The third-order valence-electron chi connectivity index (χ3n) is 3.12. The molecule has 0 atom stereocenters. The Hall–Kier alpha value is -3.03. The molecule has 1 amide bonds. The van der Waals surface area contributed by atoms with E-state index in [-0.39, 0.29) is 5.69 Å². The fourth-order valence-electron chi connectivity index (χ4n) is 2.05. The molecule has 0 saturated carbocycles. The fourth-order valence-corrected chi connectivity index (χ4v) is 2.05. The van der Waals surface area contributed by atoms with Crippen LogP contribution < -0.4 is 5.32 Å². The number of hydrogen-bond donors (Lipinski definition) is 1. The van der Waals surface area contributed by atoms with E-state index in [0.717, 1.165) is 11.8 Å². The monoisotopic (exact) mass is 317 g/mol. The van der Waals surface area contributed by atoms with Crippen molar-refractivity contribution in [3.05, 3.63) is 66.2 Å². The molecule has 2 heterocycles. The summed E-state index contributed by atoms with van der Waals surface area (Å²) in [5, 5.41) is 10.2. The number of nitrogens with zero attached hydrogens (tertiary/aromatic N) is 4. The van der Waals surface area contributed by atoms with E-state index in [9.17, 15) is 13.6 Å². The molecule has 0 spiro atoms. The summed E-state index contributed by atoms with van der Waals surface area (Å²) in [5.41, 5.74) is 1.46. The predicted molar refractivity (Wildman–Crippen MR) is 79.2 cm³/mol. The van der Waals surface area contributed by atoms with Gasteiger partial charge in [0.05, 0.1) is 18.4 Å². The molecule has 0 aliphatic rings. The van der Waals surface area contributed by atoms with Crippen molar-refractivity contribution in [2.75, 3.05) is 5.32 Å². The van der Waals surface area contributed by atoms with Gasteiger partial charge in [-0.2, -0.15) is 19.0 Å². The van der Waals surface area contributed by atoms with Crippen molar-refractivity contribution < 1.29 is 13.6 Å². The predicted octanol–water partition coefficient (Wildman–Crippen LogP) is 2.78. The molecule has 1 aromatic carbocycles. The summed E-state index contributed by atoms with van der Waals surface area (Å²) in [4.78, 5) is 11.9. The largest absolute Gasteiger partial charge is 0.333 e. The molecule has 8 heteroatoms. The maximum absolute atomic E-state index is 12.4. The van der Waals surface area contributed by atoms with E-state index in [4.69, 9.17) is 0 Å². The van der Waals surface area contributed by atoms with Crippen molar-refractivity contribution >= 4 is 11.6 Å². The summed E-state index contributed by atoms with van der Waals surface area (Å²) in [6.07, 6.45) is 4.21. The maximum atomic E-state index is 12.4. The Morgan fingerprint density at radius 1 is 1.22 bits per heavy atom. The molecule has 3 aromatic rings. The van der Waals surface area contributed by atoms with Crippen molar-refractivity contribution in [2.45, 2.75) is 13.1 Å². The Labute approximate surface area is 130 Å². The molecule has 118 valence electrons. The maximum Gasteiger partial charge on any atom is 0.333 e. The number of rotatable bonds is 5. The van der Waals surface area contributed by atoms with Gasteiger partial charge in [-0.3, -0.25) is 9.48 Å². The normalized spacial score (nSPS) is 10.9. The second-order valence-electron chi connectivity index (χ2n) is 4.82. The summed E-state index contributed by atoms with van der Waals surface area (Å²) in [5.74, 6) is -0.566. The van der Waals surface area contributed by atoms with Gasteiger partial charge in [-0.1, -0.05) is 30.3 Å². The van der Waals surface area contributed by atoms with Crippen LogP contribution in [0.4, 0.5) is 14.5 Å². The average Bonchev–Trinajstić information content (AvgIpc) is 3.18. The molecule has 0 fully saturated rings. The number of hydrogen-bond acceptors (Lipinski definition) is 3. The molecule has 23 heavy (non-hydrogen) atoms. The topological polar surface area (TPSA) is 64.7 Å². The van der Waals surface area contributed by atoms with Crippen LogP contribution in [0.5, 0.6) is 0 Å². The van der Waals surface area contributed by atoms with E-state index in [1.54, 1.807) is 10.9 Å². The summed E-state index contributed by atoms with van der Waals surface area (Å²) in [7, 11) is 0. The summed E-state index contributed by atoms with van der Waals surface area (Å²) >= 11 is 0. The molecule has 1 N–H and O–H groups in total. The van der Waals surface area contributed by atoms with Crippen molar-refractivity contribution in [1.82, 2.24) is 19.6 Å². The SMILES string of the molecule is O=C(Nc1cnn(Cc2ccccc2)c1)c1ccn(C(F)F)n1. The molecule has 3 rings (SSSR count). The number of nitrogens with one attached hydrogen (secondary N) is 1. The molecule has 2 aromatic heterocycles. The number of alkyl halides is 2. The van der Waals surface area contributed by atoms with Crippen LogP contribution in [0.2, 0.25) is 0 Å². The summed E-state index contributed by atoms with van der Waals surface area (Å²) in [6, 6.07) is 11.0. The van der Waals surface area contributed by atoms with Crippen LogP contribution >= 0.6 is 0 Å². The van der Waals surface area contributed by atoms with Crippen LogP contribution in [-0.4, -0.2) is 25.5 Å². The zero-order chi connectivity index (χ0) is 16.2. The molecular weight excluding hydrogens is 304 g/mol. The lowest BCUT2D eigenvalue weighted by molar-refractivity contribution is 0.0561. The van der Waals surface area contributed by atoms with Gasteiger partial charge in [-0.15, -0.1) is 0 Å². The highest BCUT2D eigenvalue weighted by atomic mass is 19.3. The zero-order valence-electron chi connectivity index (χ0n) is 11.9. The van der Waals surface area contributed by atoms with E-state index in [1.807, 2.05) is 30.3 Å². The average molecular weight is 317 g/mol. The van der Waals surface area contributed by atoms with Gasteiger partial charge in [0.15, 0.2) is 5.69 Å². The van der Waals surface area contributed by atoms with Gasteiger partial charge in [0.25, 0.3) is 5.91 Å². The highest BCUT2D eigenvalue weighted by Crippen LogP contribution is 2.12. The number of aromatic nitrogens is 4. The first-order valence-corrected chi connectivity index (χ1v) is 6.83. The van der Waals surface area contributed by atoms with Crippen molar-refractivity contribution in [3.8, 4) is 0 Å². The van der Waals surface area contributed by atoms with E-state index in [1.165, 1.54) is 12.3 Å². The fraction of sp³-hybridized carbons (Fsp3) is 0.133. The van der Waals surface area contributed by atoms with E-state index >= 15 is 0 Å². The molecule has 0 unspecified atom stereocenters. The smallest absolute Gasteiger partial charge is 0.318 e. The molecule has 0 radical (unpaired) electrons. The lowest BCUT2D eigenvalue weighted by Crippen LogP contribution is -2.13. The number of anilines is 1. The number of halogens is 2. The molecular formula is C15H13F2N5O. The molecule has 0 aliphatic heterocycles. The minimum atomic E-state index is -2.77. The van der Waals surface area contributed by atoms with Crippen molar-refractivity contribution in [3.63, 3.8) is 0 Å². The lowest BCUT2D eigenvalue weighted by Gasteiger charge is -2.01. The molecule has 6 nitrogen and oxygen atoms in total. The Bertz CT molecular complexity index is 797. The Morgan fingerprint density at radius 3 is 2.70 bits per heavy atom. The Kier molecular flexibility index (Phi) is 4.13. The first kappa shape index (κ1) is 14.9. The number of benzene rings is 1. The molecule has 0 saturated heterocycles. The van der Waals surface area contributed by atoms with Gasteiger partial charge >= 0.3 is 6.55 Å². The van der Waals surface area contributed by atoms with Gasteiger partial charge in [0.1, 0.15) is 0 Å². The van der Waals surface area contributed by atoms with Crippen molar-refractivity contribution in [2.24, 2.45) is 0 Å². The van der Waals surface area contributed by atoms with Crippen LogP contribution in [0, 0.1) is 0 Å². The first-order valence-electron chi connectivity index (χ1n) is 6.83. The van der Waals surface area contributed by atoms with Crippen LogP contribution in [-0.2, 0) is 6.54 Å². The van der Waals surface area contributed by atoms with Gasteiger partial charge in [0.2, 0.25) is 0 Å². The minimum absolute atomic E-state index is 0.0823. The molecule has 0 bridgehead atoms. The Morgan fingerprint density at radius 2 is 2.00 bits per heavy atom. The second kappa shape index (κ2) is 6.39. The highest BCUT2D eigenvalue weighted by Gasteiger charge is 2.14. The minimum Gasteiger partial charge on any atom is -0.318 e. The highest BCUT2D eigenvalue weighted by molar-refractivity contribution is 6.02. The summed E-state index contributed by atoms with van der Waals surface area (Å²) < 4.78 is 27.0. The van der Waals surface area contributed by atoms with Crippen LogP contribution in [0.15, 0.2) is 55.0 Å². The second-order valence-corrected chi connectivity index (χ2v) is 4.82. The zero-order valence-corrected chi connectivity index (χ0v) is 11.9. The van der Waals surface area contributed by atoms with E-state index < -0.39 is 12.5 Å². The summed E-state index contributed by atoms with van der Waals surface area (Å²) in [6.45, 7) is -2.21. The third-order valence-corrected chi connectivity index (χ3v) is 3.12. The third kappa shape index (κ3) is 3.60. The molecule has 0 aliphatic carbocycles. The van der Waals surface area contributed by atoms with E-state index in [2.05, 4.69) is 15.5 Å². The van der Waals surface area contributed by atoms with Gasteiger partial charge in [-0.25, -0.2) is 4.68 Å². The number of carbonyl (C=O) groups is 1. The number of amides is 1. The number of carbonyl (C=O) groups excluding carboxylic acids is 1. The van der Waals surface area contributed by atoms with Crippen LogP contribution in [0.3, 0.4) is 0 Å². The van der Waals surface area contributed by atoms with E-state index in [0.29, 0.717) is 16.9 Å². The standard InChI is InChI=1S/C15H13F2N5O/c16-15(17)22-7-6-13(20-22)14(23)19-12-8-18-21(10-12)9-11-4-2-1-3-5-11/h1-8,10,15H,9H2,(H,19,23). The van der Waals surface area contributed by atoms with Crippen molar-refractivity contribution in [1.29, 1.82) is 0 Å². The van der Waals surface area contributed by atoms with Crippen LogP contribution in [0.1, 0.15) is 22.6 Å². The van der Waals surface area contributed by atoms with Gasteiger partial charge in [-0.05, 0) is 11.6 Å². The quantitative estimate of drug-likeness (QED) is 0.787. The van der Waals surface area contributed by atoms with Crippen LogP contribution in [0.25, 0.3) is 0 Å². The van der Waals surface area contributed by atoms with Gasteiger partial charge < -0.3 is 5.32 Å². The first-order chi connectivity index (χ1) is 11.1. The lowest BCUT2D eigenvalue weighted by atomic mass is 10.2. The van der Waals surface area contributed by atoms with Gasteiger partial charge in [0, 0.05) is 12.4 Å². The Balaban J connectivity index is 1.65.